The minimum Gasteiger partial charge on any atom is -0.496 e. The predicted molar refractivity (Wildman–Crippen MR) is 91.5 cm³/mol. The maximum Gasteiger partial charge on any atom is 0.252 e. The second kappa shape index (κ2) is 8.29. The lowest BCUT2D eigenvalue weighted by Crippen LogP contribution is -2.23. The molecule has 22 heavy (non-hydrogen) atoms. The van der Waals surface area contributed by atoms with Crippen molar-refractivity contribution in [1.82, 2.24) is 5.32 Å². The molecule has 4 heteroatoms. The van der Waals surface area contributed by atoms with E-state index in [1.807, 2.05) is 54.6 Å². The molecule has 0 aliphatic rings. The number of hydrogen-bond acceptors (Lipinski definition) is 3. The van der Waals surface area contributed by atoms with Gasteiger partial charge in [0.25, 0.3) is 5.91 Å². The van der Waals surface area contributed by atoms with Gasteiger partial charge in [-0.25, -0.2) is 0 Å². The van der Waals surface area contributed by atoms with Crippen molar-refractivity contribution in [1.29, 1.82) is 0 Å². The van der Waals surface area contributed by atoms with E-state index >= 15 is 0 Å². The van der Waals surface area contributed by atoms with Gasteiger partial charge in [-0.15, -0.1) is 18.3 Å². The fourth-order valence-corrected chi connectivity index (χ4v) is 2.84. The van der Waals surface area contributed by atoms with Crippen LogP contribution in [0.25, 0.3) is 0 Å². The molecule has 0 atom stereocenters. The third-order valence-electron chi connectivity index (χ3n) is 3.12. The molecule has 0 saturated heterocycles. The van der Waals surface area contributed by atoms with Crippen molar-refractivity contribution >= 4 is 17.7 Å². The minimum atomic E-state index is -0.0851. The number of para-hydroxylation sites is 1. The van der Waals surface area contributed by atoms with Crippen molar-refractivity contribution in [2.45, 2.75) is 11.4 Å². The van der Waals surface area contributed by atoms with E-state index in [0.29, 0.717) is 12.1 Å². The van der Waals surface area contributed by atoms with Crippen LogP contribution in [0.3, 0.4) is 0 Å². The van der Waals surface area contributed by atoms with Crippen LogP contribution in [0.4, 0.5) is 0 Å². The maximum atomic E-state index is 12.4. The number of thioether (sulfide) groups is 1. The van der Waals surface area contributed by atoms with Gasteiger partial charge in [-0.05, 0) is 18.2 Å². The molecular weight excluding hydrogens is 294 g/mol. The highest BCUT2D eigenvalue weighted by atomic mass is 32.2. The highest BCUT2D eigenvalue weighted by Gasteiger charge is 2.11. The fraction of sp³-hybridized carbons (Fsp3) is 0.167. The van der Waals surface area contributed by atoms with E-state index < -0.39 is 0 Å². The fourth-order valence-electron chi connectivity index (χ4n) is 2.05. The maximum absolute atomic E-state index is 12.4. The van der Waals surface area contributed by atoms with Crippen LogP contribution in [0, 0.1) is 0 Å². The number of nitrogens with one attached hydrogen (secondary N) is 1. The Balaban J connectivity index is 2.08. The van der Waals surface area contributed by atoms with E-state index in [2.05, 4.69) is 11.9 Å². The van der Waals surface area contributed by atoms with Gasteiger partial charge in [-0.1, -0.05) is 36.4 Å². The third-order valence-corrected chi connectivity index (χ3v) is 4.19. The standard InChI is InChI=1S/C18H19NO2S/c1-3-12-22-17-11-7-5-9-15(17)18(20)19-13-14-8-4-6-10-16(14)21-2/h3-11H,1,12-13H2,2H3,(H,19,20). The van der Waals surface area contributed by atoms with Gasteiger partial charge in [-0.2, -0.15) is 0 Å². The highest BCUT2D eigenvalue weighted by Crippen LogP contribution is 2.23. The monoisotopic (exact) mass is 313 g/mol. The predicted octanol–water partition coefficient (Wildman–Crippen LogP) is 3.90. The zero-order valence-electron chi connectivity index (χ0n) is 12.5. The average molecular weight is 313 g/mol. The number of amides is 1. The summed E-state index contributed by atoms with van der Waals surface area (Å²) in [7, 11) is 1.63. The van der Waals surface area contributed by atoms with E-state index in [1.165, 1.54) is 0 Å². The summed E-state index contributed by atoms with van der Waals surface area (Å²) in [5, 5.41) is 2.95. The number of rotatable bonds is 7. The van der Waals surface area contributed by atoms with Crippen molar-refractivity contribution in [2.75, 3.05) is 12.9 Å². The first kappa shape index (κ1) is 16.2. The van der Waals surface area contributed by atoms with Gasteiger partial charge in [0.05, 0.1) is 12.7 Å². The Hall–Kier alpha value is -2.20. The molecule has 0 fully saturated rings. The van der Waals surface area contributed by atoms with Crippen LogP contribution in [0.1, 0.15) is 15.9 Å². The van der Waals surface area contributed by atoms with Crippen LogP contribution >= 0.6 is 11.8 Å². The summed E-state index contributed by atoms with van der Waals surface area (Å²) in [6.07, 6.45) is 1.83. The van der Waals surface area contributed by atoms with E-state index in [1.54, 1.807) is 18.9 Å². The molecule has 0 aliphatic carbocycles. The summed E-state index contributed by atoms with van der Waals surface area (Å²) in [6.45, 7) is 4.14. The number of carbonyl (C=O) groups excluding carboxylic acids is 1. The van der Waals surface area contributed by atoms with Crippen LogP contribution in [-0.4, -0.2) is 18.8 Å². The van der Waals surface area contributed by atoms with Gasteiger partial charge < -0.3 is 10.1 Å². The molecule has 2 rings (SSSR count). The van der Waals surface area contributed by atoms with Crippen LogP contribution < -0.4 is 10.1 Å². The van der Waals surface area contributed by atoms with Crippen LogP contribution in [0.2, 0.25) is 0 Å². The normalized spacial score (nSPS) is 10.0. The average Bonchev–Trinajstić information content (AvgIpc) is 2.58. The van der Waals surface area contributed by atoms with Crippen molar-refractivity contribution in [3.8, 4) is 5.75 Å². The molecular formula is C18H19NO2S. The van der Waals surface area contributed by atoms with Gasteiger partial charge in [0, 0.05) is 22.8 Å². The Labute approximate surface area is 135 Å². The Morgan fingerprint density at radius 3 is 2.73 bits per heavy atom. The third kappa shape index (κ3) is 4.15. The molecule has 0 bridgehead atoms. The van der Waals surface area contributed by atoms with Crippen LogP contribution in [-0.2, 0) is 6.54 Å². The summed E-state index contributed by atoms with van der Waals surface area (Å²) < 4.78 is 5.29. The molecule has 0 radical (unpaired) electrons. The van der Waals surface area contributed by atoms with Gasteiger partial charge in [0.15, 0.2) is 0 Å². The molecule has 0 spiro atoms. The highest BCUT2D eigenvalue weighted by molar-refractivity contribution is 7.99. The SMILES string of the molecule is C=CCSc1ccccc1C(=O)NCc1ccccc1OC. The molecule has 0 heterocycles. The summed E-state index contributed by atoms with van der Waals surface area (Å²) >= 11 is 1.60. The molecule has 0 saturated carbocycles. The molecule has 3 nitrogen and oxygen atoms in total. The molecule has 0 aliphatic heterocycles. The second-order valence-corrected chi connectivity index (χ2v) is 5.65. The van der Waals surface area contributed by atoms with Crippen molar-refractivity contribution in [2.24, 2.45) is 0 Å². The molecule has 1 amide bonds. The number of methoxy groups -OCH3 is 1. The van der Waals surface area contributed by atoms with Gasteiger partial charge in [0.1, 0.15) is 5.75 Å². The molecule has 0 aromatic heterocycles. The lowest BCUT2D eigenvalue weighted by Gasteiger charge is -2.11. The first-order chi connectivity index (χ1) is 10.8. The number of hydrogen-bond donors (Lipinski definition) is 1. The van der Waals surface area contributed by atoms with E-state index in [9.17, 15) is 4.79 Å². The molecule has 0 unspecified atom stereocenters. The minimum absolute atomic E-state index is 0.0851. The zero-order valence-corrected chi connectivity index (χ0v) is 13.4. The first-order valence-corrected chi connectivity index (χ1v) is 7.97. The zero-order chi connectivity index (χ0) is 15.8. The Morgan fingerprint density at radius 1 is 1.23 bits per heavy atom. The van der Waals surface area contributed by atoms with Crippen LogP contribution in [0.15, 0.2) is 66.1 Å². The van der Waals surface area contributed by atoms with E-state index in [0.717, 1.165) is 22.0 Å². The molecule has 2 aromatic rings. The number of carbonyl (C=O) groups is 1. The number of ether oxygens (including phenoxy) is 1. The first-order valence-electron chi connectivity index (χ1n) is 6.99. The summed E-state index contributed by atoms with van der Waals surface area (Å²) in [5.74, 6) is 1.46. The Bertz CT molecular complexity index is 655. The summed E-state index contributed by atoms with van der Waals surface area (Å²) in [5.41, 5.74) is 1.64. The van der Waals surface area contributed by atoms with E-state index in [4.69, 9.17) is 4.74 Å². The topological polar surface area (TPSA) is 38.3 Å². The van der Waals surface area contributed by atoms with Crippen molar-refractivity contribution in [3.63, 3.8) is 0 Å². The van der Waals surface area contributed by atoms with Crippen molar-refractivity contribution in [3.05, 3.63) is 72.3 Å². The van der Waals surface area contributed by atoms with Gasteiger partial charge in [0.2, 0.25) is 0 Å². The largest absolute Gasteiger partial charge is 0.496 e. The Morgan fingerprint density at radius 2 is 1.95 bits per heavy atom. The molecule has 2 aromatic carbocycles. The lowest BCUT2D eigenvalue weighted by atomic mass is 10.1. The molecule has 114 valence electrons. The number of benzene rings is 2. The van der Waals surface area contributed by atoms with E-state index in [-0.39, 0.29) is 5.91 Å². The lowest BCUT2D eigenvalue weighted by molar-refractivity contribution is 0.0948. The summed E-state index contributed by atoms with van der Waals surface area (Å²) in [6, 6.07) is 15.3. The molecule has 1 N–H and O–H groups in total. The van der Waals surface area contributed by atoms with Crippen LogP contribution in [0.5, 0.6) is 5.75 Å². The van der Waals surface area contributed by atoms with Crippen molar-refractivity contribution < 1.29 is 9.53 Å². The quantitative estimate of drug-likeness (QED) is 0.622. The van der Waals surface area contributed by atoms with Gasteiger partial charge in [-0.3, -0.25) is 4.79 Å². The second-order valence-electron chi connectivity index (χ2n) is 4.59. The summed E-state index contributed by atoms with van der Waals surface area (Å²) in [4.78, 5) is 13.4. The smallest absolute Gasteiger partial charge is 0.252 e. The Kier molecular flexibility index (Phi) is 6.10. The van der Waals surface area contributed by atoms with Gasteiger partial charge >= 0.3 is 0 Å².